The highest BCUT2D eigenvalue weighted by molar-refractivity contribution is 4.75. The average Bonchev–Trinajstić information content (AvgIpc) is 2.40. The van der Waals surface area contributed by atoms with Crippen LogP contribution in [0.5, 0.6) is 0 Å². The summed E-state index contributed by atoms with van der Waals surface area (Å²) in [5.41, 5.74) is 0. The van der Waals surface area contributed by atoms with Crippen LogP contribution in [0.2, 0.25) is 0 Å². The Morgan fingerprint density at radius 2 is 2.00 bits per heavy atom. The first kappa shape index (κ1) is 12.0. The van der Waals surface area contributed by atoms with Crippen molar-refractivity contribution in [1.82, 2.24) is 9.80 Å². The van der Waals surface area contributed by atoms with E-state index < -0.39 is 0 Å². The van der Waals surface area contributed by atoms with E-state index in [-0.39, 0.29) is 0 Å². The number of nitrogens with zero attached hydrogens (tertiary/aromatic N) is 2. The van der Waals surface area contributed by atoms with E-state index in [1.165, 1.54) is 51.9 Å². The Labute approximate surface area is 89.3 Å². The summed E-state index contributed by atoms with van der Waals surface area (Å²) in [4.78, 5) is 5.14. The molecule has 84 valence electrons. The molecule has 1 aliphatic heterocycles. The number of hydrogen-bond donors (Lipinski definition) is 0. The van der Waals surface area contributed by atoms with Crippen molar-refractivity contribution in [2.45, 2.75) is 45.6 Å². The maximum atomic E-state index is 2.67. The van der Waals surface area contributed by atoms with Crippen LogP contribution < -0.4 is 0 Å². The molecule has 2 nitrogen and oxygen atoms in total. The second-order valence-electron chi connectivity index (χ2n) is 4.52. The Balaban J connectivity index is 2.40. The van der Waals surface area contributed by atoms with Gasteiger partial charge in [0.05, 0.1) is 0 Å². The lowest BCUT2D eigenvalue weighted by molar-refractivity contribution is 0.188. The SMILES string of the molecule is CCCN(CC)C1CCCN(C)CC1. The molecule has 0 N–H and O–H groups in total. The zero-order chi connectivity index (χ0) is 10.4. The first-order chi connectivity index (χ1) is 6.77. The zero-order valence-corrected chi connectivity index (χ0v) is 10.1. The van der Waals surface area contributed by atoms with Crippen LogP contribution in [-0.2, 0) is 0 Å². The summed E-state index contributed by atoms with van der Waals surface area (Å²) in [6.45, 7) is 9.66. The molecule has 0 spiro atoms. The van der Waals surface area contributed by atoms with Crippen LogP contribution in [-0.4, -0.2) is 49.1 Å². The van der Waals surface area contributed by atoms with Crippen molar-refractivity contribution in [1.29, 1.82) is 0 Å². The fourth-order valence-electron chi connectivity index (χ4n) is 2.47. The van der Waals surface area contributed by atoms with Crippen molar-refractivity contribution in [2.24, 2.45) is 0 Å². The molecule has 0 aromatic rings. The van der Waals surface area contributed by atoms with E-state index in [2.05, 4.69) is 30.7 Å². The summed E-state index contributed by atoms with van der Waals surface area (Å²) in [5.74, 6) is 0. The molecular weight excluding hydrogens is 172 g/mol. The van der Waals surface area contributed by atoms with Gasteiger partial charge in [-0.15, -0.1) is 0 Å². The minimum atomic E-state index is 0.852. The average molecular weight is 198 g/mol. The van der Waals surface area contributed by atoms with Crippen LogP contribution in [0.3, 0.4) is 0 Å². The van der Waals surface area contributed by atoms with Gasteiger partial charge in [-0.25, -0.2) is 0 Å². The molecular formula is C12H26N2. The van der Waals surface area contributed by atoms with Crippen LogP contribution in [0.15, 0.2) is 0 Å². The Hall–Kier alpha value is -0.0800. The second-order valence-corrected chi connectivity index (χ2v) is 4.52. The predicted octanol–water partition coefficient (Wildman–Crippen LogP) is 2.20. The Bertz CT molecular complexity index is 147. The molecule has 1 atom stereocenters. The van der Waals surface area contributed by atoms with Crippen molar-refractivity contribution in [3.63, 3.8) is 0 Å². The number of hydrogen-bond acceptors (Lipinski definition) is 2. The quantitative estimate of drug-likeness (QED) is 0.683. The molecule has 0 saturated carbocycles. The summed E-state index contributed by atoms with van der Waals surface area (Å²) in [6.07, 6.45) is 5.43. The van der Waals surface area contributed by atoms with E-state index in [0.717, 1.165) is 6.04 Å². The third-order valence-corrected chi connectivity index (χ3v) is 3.35. The van der Waals surface area contributed by atoms with Crippen LogP contribution in [0.4, 0.5) is 0 Å². The summed E-state index contributed by atoms with van der Waals surface area (Å²) < 4.78 is 0. The first-order valence-corrected chi connectivity index (χ1v) is 6.20. The van der Waals surface area contributed by atoms with Gasteiger partial charge < -0.3 is 9.80 Å². The van der Waals surface area contributed by atoms with Crippen molar-refractivity contribution in [2.75, 3.05) is 33.2 Å². The minimum Gasteiger partial charge on any atom is -0.306 e. The van der Waals surface area contributed by atoms with Gasteiger partial charge >= 0.3 is 0 Å². The van der Waals surface area contributed by atoms with Crippen molar-refractivity contribution >= 4 is 0 Å². The topological polar surface area (TPSA) is 6.48 Å². The number of likely N-dealkylation sites (tertiary alicyclic amines) is 1. The van der Waals surface area contributed by atoms with Crippen molar-refractivity contribution < 1.29 is 0 Å². The van der Waals surface area contributed by atoms with Gasteiger partial charge in [-0.05, 0) is 58.9 Å². The fraction of sp³-hybridized carbons (Fsp3) is 1.00. The van der Waals surface area contributed by atoms with Gasteiger partial charge in [0.25, 0.3) is 0 Å². The molecule has 1 fully saturated rings. The third kappa shape index (κ3) is 3.58. The Kier molecular flexibility index (Phi) is 5.49. The molecule has 0 radical (unpaired) electrons. The molecule has 0 bridgehead atoms. The van der Waals surface area contributed by atoms with E-state index in [1.807, 2.05) is 0 Å². The molecule has 1 unspecified atom stereocenters. The second kappa shape index (κ2) is 6.41. The maximum absolute atomic E-state index is 2.67. The lowest BCUT2D eigenvalue weighted by Gasteiger charge is -2.29. The van der Waals surface area contributed by atoms with Crippen LogP contribution in [0.1, 0.15) is 39.5 Å². The molecule has 0 aliphatic carbocycles. The van der Waals surface area contributed by atoms with Gasteiger partial charge in [-0.2, -0.15) is 0 Å². The van der Waals surface area contributed by atoms with Crippen LogP contribution in [0, 0.1) is 0 Å². The fourth-order valence-corrected chi connectivity index (χ4v) is 2.47. The highest BCUT2D eigenvalue weighted by atomic mass is 15.2. The summed E-state index contributed by atoms with van der Waals surface area (Å²) >= 11 is 0. The normalized spacial score (nSPS) is 25.3. The molecule has 2 heteroatoms. The maximum Gasteiger partial charge on any atom is 0.0108 e. The summed E-state index contributed by atoms with van der Waals surface area (Å²) in [5, 5.41) is 0. The molecule has 0 amide bonds. The van der Waals surface area contributed by atoms with Gasteiger partial charge in [0.15, 0.2) is 0 Å². The summed E-state index contributed by atoms with van der Waals surface area (Å²) in [7, 11) is 2.25. The molecule has 1 rings (SSSR count). The molecule has 0 aromatic heterocycles. The van der Waals surface area contributed by atoms with Crippen LogP contribution in [0.25, 0.3) is 0 Å². The molecule has 1 aliphatic rings. The van der Waals surface area contributed by atoms with Crippen molar-refractivity contribution in [3.05, 3.63) is 0 Å². The Morgan fingerprint density at radius 3 is 2.64 bits per heavy atom. The first-order valence-electron chi connectivity index (χ1n) is 6.20. The Morgan fingerprint density at radius 1 is 1.21 bits per heavy atom. The lowest BCUT2D eigenvalue weighted by Crippen LogP contribution is -2.36. The van der Waals surface area contributed by atoms with Crippen molar-refractivity contribution in [3.8, 4) is 0 Å². The lowest BCUT2D eigenvalue weighted by atomic mass is 10.1. The number of rotatable bonds is 4. The minimum absolute atomic E-state index is 0.852. The largest absolute Gasteiger partial charge is 0.306 e. The van der Waals surface area contributed by atoms with E-state index in [4.69, 9.17) is 0 Å². The van der Waals surface area contributed by atoms with Gasteiger partial charge in [0, 0.05) is 6.04 Å². The van der Waals surface area contributed by atoms with E-state index in [1.54, 1.807) is 0 Å². The van der Waals surface area contributed by atoms with Gasteiger partial charge in [-0.3, -0.25) is 0 Å². The smallest absolute Gasteiger partial charge is 0.0108 e. The molecule has 1 heterocycles. The van der Waals surface area contributed by atoms with Gasteiger partial charge in [-0.1, -0.05) is 13.8 Å². The summed E-state index contributed by atoms with van der Waals surface area (Å²) in [6, 6.07) is 0.852. The van der Waals surface area contributed by atoms with E-state index in [9.17, 15) is 0 Å². The van der Waals surface area contributed by atoms with E-state index in [0.29, 0.717) is 0 Å². The molecule has 1 saturated heterocycles. The monoisotopic (exact) mass is 198 g/mol. The van der Waals surface area contributed by atoms with E-state index >= 15 is 0 Å². The standard InChI is InChI=1S/C12H26N2/c1-4-9-14(5-2)12-7-6-10-13(3)11-8-12/h12H,4-11H2,1-3H3. The zero-order valence-electron chi connectivity index (χ0n) is 10.1. The molecule has 0 aromatic carbocycles. The molecule has 14 heavy (non-hydrogen) atoms. The van der Waals surface area contributed by atoms with Gasteiger partial charge in [0.2, 0.25) is 0 Å². The highest BCUT2D eigenvalue weighted by Crippen LogP contribution is 2.16. The van der Waals surface area contributed by atoms with Gasteiger partial charge in [0.1, 0.15) is 0 Å². The van der Waals surface area contributed by atoms with Crippen LogP contribution >= 0.6 is 0 Å². The predicted molar refractivity (Wildman–Crippen MR) is 62.7 cm³/mol. The third-order valence-electron chi connectivity index (χ3n) is 3.35. The highest BCUT2D eigenvalue weighted by Gasteiger charge is 2.19.